The summed E-state index contributed by atoms with van der Waals surface area (Å²) in [5.41, 5.74) is 3.87. The van der Waals surface area contributed by atoms with Gasteiger partial charge >= 0.3 is 0 Å². The van der Waals surface area contributed by atoms with Crippen molar-refractivity contribution in [1.29, 1.82) is 0 Å². The monoisotopic (exact) mass is 516 g/mol. The van der Waals surface area contributed by atoms with Crippen LogP contribution >= 0.6 is 0 Å². The number of carbonyl (C=O) groups excluding carboxylic acids is 2. The number of hydrogen-bond donors (Lipinski definition) is 1. The largest absolute Gasteiger partial charge is 0.346 e. The van der Waals surface area contributed by atoms with Gasteiger partial charge in [-0.25, -0.2) is 0 Å². The van der Waals surface area contributed by atoms with E-state index in [4.69, 9.17) is 4.99 Å². The zero-order valence-electron chi connectivity index (χ0n) is 24.4. The SMILES string of the molecule is CC(C)(C)c1ccc(C2(NC(=O)C3CC[C@H]4[C@@H]5CN=C6CC(=O)CC[C@]6(C)[C@@H]5CC[C@]34C)CCCC2)cc1. The van der Waals surface area contributed by atoms with Crippen molar-refractivity contribution in [2.45, 2.75) is 116 Å². The molecule has 1 unspecified atom stereocenters. The van der Waals surface area contributed by atoms with Crippen molar-refractivity contribution in [3.63, 3.8) is 0 Å². The van der Waals surface area contributed by atoms with Crippen molar-refractivity contribution in [1.82, 2.24) is 5.32 Å². The number of aliphatic imine (C=N–C) groups is 1. The Kier molecular flexibility index (Phi) is 6.24. The molecule has 206 valence electrons. The second kappa shape index (κ2) is 9.03. The van der Waals surface area contributed by atoms with Gasteiger partial charge in [0.25, 0.3) is 0 Å². The average Bonchev–Trinajstić information content (AvgIpc) is 3.49. The van der Waals surface area contributed by atoms with Gasteiger partial charge in [0.1, 0.15) is 5.78 Å². The Labute approximate surface area is 229 Å². The Bertz CT molecular complexity index is 1140. The molecule has 0 radical (unpaired) electrons. The van der Waals surface area contributed by atoms with E-state index in [1.165, 1.54) is 36.1 Å². The number of fused-ring (bicyclic) bond motifs is 5. The third kappa shape index (κ3) is 4.03. The highest BCUT2D eigenvalue weighted by Gasteiger charge is 2.61. The summed E-state index contributed by atoms with van der Waals surface area (Å²) in [6, 6.07) is 9.10. The van der Waals surface area contributed by atoms with E-state index in [0.29, 0.717) is 42.3 Å². The third-order valence-corrected chi connectivity index (χ3v) is 12.1. The minimum atomic E-state index is -0.217. The van der Waals surface area contributed by atoms with Gasteiger partial charge in [0.05, 0.1) is 5.54 Å². The minimum absolute atomic E-state index is 0.0506. The summed E-state index contributed by atoms with van der Waals surface area (Å²) >= 11 is 0. The van der Waals surface area contributed by atoms with Crippen LogP contribution in [0, 0.1) is 34.5 Å². The second-order valence-corrected chi connectivity index (χ2v) is 15.1. The molecule has 38 heavy (non-hydrogen) atoms. The van der Waals surface area contributed by atoms with E-state index in [2.05, 4.69) is 64.2 Å². The van der Waals surface area contributed by atoms with E-state index in [1.807, 2.05) is 0 Å². The molecule has 6 atom stereocenters. The van der Waals surface area contributed by atoms with Crippen LogP contribution < -0.4 is 5.32 Å². The average molecular weight is 517 g/mol. The molecule has 4 saturated carbocycles. The number of ketones is 1. The van der Waals surface area contributed by atoms with E-state index < -0.39 is 0 Å². The number of amides is 1. The van der Waals surface area contributed by atoms with Gasteiger partial charge in [-0.15, -0.1) is 0 Å². The van der Waals surface area contributed by atoms with E-state index in [9.17, 15) is 9.59 Å². The lowest BCUT2D eigenvalue weighted by atomic mass is 9.49. The zero-order valence-corrected chi connectivity index (χ0v) is 24.4. The molecular formula is C34H48N2O2. The normalized spacial score (nSPS) is 38.1. The quantitative estimate of drug-likeness (QED) is 0.464. The number of benzene rings is 1. The van der Waals surface area contributed by atoms with Crippen LogP contribution in [0.1, 0.15) is 116 Å². The van der Waals surface area contributed by atoms with Crippen LogP contribution in [0.4, 0.5) is 0 Å². The van der Waals surface area contributed by atoms with Gasteiger partial charge in [-0.3, -0.25) is 14.6 Å². The van der Waals surface area contributed by atoms with Crippen molar-refractivity contribution < 1.29 is 9.59 Å². The number of carbonyl (C=O) groups is 2. The Morgan fingerprint density at radius 3 is 2.34 bits per heavy atom. The first kappa shape index (κ1) is 26.3. The Balaban J connectivity index is 1.22. The van der Waals surface area contributed by atoms with Crippen LogP contribution in [-0.2, 0) is 20.5 Å². The molecule has 0 aromatic heterocycles. The zero-order chi connectivity index (χ0) is 26.9. The Morgan fingerprint density at radius 2 is 1.66 bits per heavy atom. The van der Waals surface area contributed by atoms with Crippen LogP contribution in [0.5, 0.6) is 0 Å². The van der Waals surface area contributed by atoms with Crippen molar-refractivity contribution in [2.75, 3.05) is 6.54 Å². The minimum Gasteiger partial charge on any atom is -0.346 e. The molecule has 0 saturated heterocycles. The fourth-order valence-corrected chi connectivity index (χ4v) is 9.71. The van der Waals surface area contributed by atoms with Crippen LogP contribution in [0.25, 0.3) is 0 Å². The third-order valence-electron chi connectivity index (χ3n) is 12.1. The van der Waals surface area contributed by atoms with E-state index >= 15 is 0 Å². The Hall–Kier alpha value is -1.97. The van der Waals surface area contributed by atoms with Gasteiger partial charge in [-0.2, -0.15) is 0 Å². The lowest BCUT2D eigenvalue weighted by Gasteiger charge is -2.56. The molecule has 1 aromatic rings. The van der Waals surface area contributed by atoms with Gasteiger partial charge in [-0.05, 0) is 84.7 Å². The lowest BCUT2D eigenvalue weighted by Crippen LogP contribution is -2.56. The molecule has 0 bridgehead atoms. The maximum absolute atomic E-state index is 14.2. The molecule has 4 aliphatic carbocycles. The highest BCUT2D eigenvalue weighted by molar-refractivity contribution is 6.07. The summed E-state index contributed by atoms with van der Waals surface area (Å²) in [6.45, 7) is 12.5. The molecule has 1 aromatic carbocycles. The number of nitrogens with zero attached hydrogens (tertiary/aromatic N) is 1. The summed E-state index contributed by atoms with van der Waals surface area (Å²) < 4.78 is 0. The molecule has 1 heterocycles. The maximum atomic E-state index is 14.2. The van der Waals surface area contributed by atoms with Crippen molar-refractivity contribution in [2.24, 2.45) is 39.5 Å². The maximum Gasteiger partial charge on any atom is 0.224 e. The molecule has 1 aliphatic heterocycles. The van der Waals surface area contributed by atoms with Crippen molar-refractivity contribution in [3.05, 3.63) is 35.4 Å². The summed E-state index contributed by atoms with van der Waals surface area (Å²) in [5, 5.41) is 3.69. The fourth-order valence-electron chi connectivity index (χ4n) is 9.71. The molecule has 6 rings (SSSR count). The number of rotatable bonds is 3. The standard InChI is InChI=1S/C34H48N2O2/c1-31(2,3)22-8-10-23(11-9-22)34(16-6-7-17-34)36-30(38)28-13-12-26-25-21-35-29-20-24(37)14-18-33(29,5)27(25)15-19-32(26,28)4/h8-11,25-28H,6-7,12-21H2,1-5H3,(H,36,38)/t25-,26-,27+,28?,32-,33+/m0/s1. The van der Waals surface area contributed by atoms with Gasteiger partial charge in [0.15, 0.2) is 0 Å². The summed E-state index contributed by atoms with van der Waals surface area (Å²) in [6.07, 6.45) is 11.1. The lowest BCUT2D eigenvalue weighted by molar-refractivity contribution is -0.134. The smallest absolute Gasteiger partial charge is 0.224 e. The van der Waals surface area contributed by atoms with Crippen LogP contribution in [0.3, 0.4) is 0 Å². The van der Waals surface area contributed by atoms with Gasteiger partial charge in [0, 0.05) is 36.4 Å². The first-order valence-electron chi connectivity index (χ1n) is 15.4. The highest BCUT2D eigenvalue weighted by Crippen LogP contribution is 2.64. The van der Waals surface area contributed by atoms with Crippen LogP contribution in [-0.4, -0.2) is 23.9 Å². The summed E-state index contributed by atoms with van der Waals surface area (Å²) in [7, 11) is 0. The second-order valence-electron chi connectivity index (χ2n) is 15.1. The molecule has 1 amide bonds. The molecule has 4 nitrogen and oxygen atoms in total. The molecule has 1 N–H and O–H groups in total. The number of Topliss-reactive ketones (excluding diaryl/α,β-unsaturated/α-hetero) is 1. The Morgan fingerprint density at radius 1 is 0.947 bits per heavy atom. The van der Waals surface area contributed by atoms with Gasteiger partial charge in [-0.1, -0.05) is 71.7 Å². The predicted molar refractivity (Wildman–Crippen MR) is 153 cm³/mol. The predicted octanol–water partition coefficient (Wildman–Crippen LogP) is 7.14. The van der Waals surface area contributed by atoms with Gasteiger partial charge < -0.3 is 5.32 Å². The van der Waals surface area contributed by atoms with Crippen LogP contribution in [0.2, 0.25) is 0 Å². The fraction of sp³-hybridized carbons (Fsp3) is 0.735. The van der Waals surface area contributed by atoms with E-state index in [-0.39, 0.29) is 27.7 Å². The van der Waals surface area contributed by atoms with Gasteiger partial charge in [0.2, 0.25) is 5.91 Å². The molecule has 0 spiro atoms. The van der Waals surface area contributed by atoms with Crippen LogP contribution in [0.15, 0.2) is 29.3 Å². The number of hydrogen-bond acceptors (Lipinski definition) is 3. The van der Waals surface area contributed by atoms with E-state index in [1.54, 1.807) is 0 Å². The van der Waals surface area contributed by atoms with Crippen molar-refractivity contribution in [3.8, 4) is 0 Å². The first-order chi connectivity index (χ1) is 18.0. The molecular weight excluding hydrogens is 468 g/mol. The molecule has 4 fully saturated rings. The molecule has 4 heteroatoms. The summed E-state index contributed by atoms with van der Waals surface area (Å²) in [4.78, 5) is 31.4. The topological polar surface area (TPSA) is 58.5 Å². The van der Waals surface area contributed by atoms with E-state index in [0.717, 1.165) is 45.1 Å². The number of nitrogens with one attached hydrogen (secondary N) is 1. The first-order valence-corrected chi connectivity index (χ1v) is 15.4. The molecule has 5 aliphatic rings. The summed E-state index contributed by atoms with van der Waals surface area (Å²) in [5.74, 6) is 2.48. The highest BCUT2D eigenvalue weighted by atomic mass is 16.2. The van der Waals surface area contributed by atoms with Crippen molar-refractivity contribution >= 4 is 17.4 Å².